The molecule has 0 saturated heterocycles. The van der Waals surface area contributed by atoms with Crippen molar-refractivity contribution >= 4 is 11.6 Å². The monoisotopic (exact) mass is 294 g/mol. The summed E-state index contributed by atoms with van der Waals surface area (Å²) in [5.41, 5.74) is 1.84. The second-order valence-electron chi connectivity index (χ2n) is 4.74. The normalized spacial score (nSPS) is 12.7. The summed E-state index contributed by atoms with van der Waals surface area (Å²) in [7, 11) is 3.49. The molecule has 5 nitrogen and oxygen atoms in total. The zero-order valence-electron chi connectivity index (χ0n) is 12.1. The molecule has 0 amide bonds. The van der Waals surface area contributed by atoms with Gasteiger partial charge in [-0.25, -0.2) is 4.98 Å². The quantitative estimate of drug-likeness (QED) is 0.921. The van der Waals surface area contributed by atoms with Crippen LogP contribution in [-0.2, 0) is 0 Å². The predicted octanol–water partition coefficient (Wildman–Crippen LogP) is 2.83. The Morgan fingerprint density at radius 2 is 2.15 bits per heavy atom. The van der Waals surface area contributed by atoms with Crippen LogP contribution in [0.1, 0.15) is 37.2 Å². The van der Waals surface area contributed by atoms with E-state index in [1.54, 1.807) is 19.5 Å². The van der Waals surface area contributed by atoms with E-state index in [9.17, 15) is 0 Å². The van der Waals surface area contributed by atoms with Crippen molar-refractivity contribution in [3.63, 3.8) is 0 Å². The second kappa shape index (κ2) is 6.24. The summed E-state index contributed by atoms with van der Waals surface area (Å²) >= 11 is 6.32. The highest BCUT2D eigenvalue weighted by Crippen LogP contribution is 2.33. The number of nitrogens with one attached hydrogen (secondary N) is 1. The van der Waals surface area contributed by atoms with Crippen LogP contribution in [0.2, 0.25) is 5.02 Å². The zero-order chi connectivity index (χ0) is 14.7. The molecule has 0 aromatic carbocycles. The maximum absolute atomic E-state index is 6.32. The van der Waals surface area contributed by atoms with E-state index in [-0.39, 0.29) is 12.1 Å². The highest BCUT2D eigenvalue weighted by Gasteiger charge is 2.25. The maximum atomic E-state index is 6.32. The van der Waals surface area contributed by atoms with E-state index < -0.39 is 0 Å². The molecule has 1 unspecified atom stereocenters. The molecular weight excluding hydrogens is 276 g/mol. The number of rotatable bonds is 5. The highest BCUT2D eigenvalue weighted by atomic mass is 35.5. The summed E-state index contributed by atoms with van der Waals surface area (Å²) < 4.78 is 7.26. The van der Waals surface area contributed by atoms with Crippen LogP contribution in [-0.4, -0.2) is 28.9 Å². The van der Waals surface area contributed by atoms with Gasteiger partial charge in [-0.3, -0.25) is 4.68 Å². The van der Waals surface area contributed by atoms with Crippen molar-refractivity contribution in [3.8, 4) is 5.88 Å². The fourth-order valence-electron chi connectivity index (χ4n) is 2.27. The maximum Gasteiger partial charge on any atom is 0.218 e. The summed E-state index contributed by atoms with van der Waals surface area (Å²) in [5.74, 6) is 0.583. The number of hydrogen-bond acceptors (Lipinski definition) is 4. The largest absolute Gasteiger partial charge is 0.481 e. The van der Waals surface area contributed by atoms with Gasteiger partial charge in [0, 0.05) is 17.8 Å². The number of methoxy groups -OCH3 is 1. The average molecular weight is 295 g/mol. The topological polar surface area (TPSA) is 52.0 Å². The molecule has 0 aliphatic heterocycles. The Balaban J connectivity index is 2.55. The van der Waals surface area contributed by atoms with Crippen molar-refractivity contribution in [3.05, 3.63) is 40.8 Å². The van der Waals surface area contributed by atoms with Gasteiger partial charge >= 0.3 is 0 Å². The van der Waals surface area contributed by atoms with E-state index in [1.165, 1.54) is 0 Å². The van der Waals surface area contributed by atoms with Crippen molar-refractivity contribution in [1.29, 1.82) is 0 Å². The fraction of sp³-hybridized carbons (Fsp3) is 0.429. The summed E-state index contributed by atoms with van der Waals surface area (Å²) in [6.45, 7) is 4.14. The van der Waals surface area contributed by atoms with Gasteiger partial charge in [0.25, 0.3) is 0 Å². The van der Waals surface area contributed by atoms with Gasteiger partial charge in [-0.15, -0.1) is 0 Å². The standard InChI is InChI=1S/C14H19ClN4O/c1-9(2)19-13(11(15)8-18-19)12(16-3)10-6-5-7-17-14(10)20-4/h5-9,12,16H,1-4H3. The Morgan fingerprint density at radius 1 is 1.40 bits per heavy atom. The molecule has 1 N–H and O–H groups in total. The number of aromatic nitrogens is 3. The average Bonchev–Trinajstić information content (AvgIpc) is 2.83. The number of pyridine rings is 1. The van der Waals surface area contributed by atoms with Gasteiger partial charge in [0.1, 0.15) is 0 Å². The Morgan fingerprint density at radius 3 is 2.75 bits per heavy atom. The minimum absolute atomic E-state index is 0.129. The first-order valence-electron chi connectivity index (χ1n) is 6.49. The smallest absolute Gasteiger partial charge is 0.218 e. The van der Waals surface area contributed by atoms with Gasteiger partial charge < -0.3 is 10.1 Å². The van der Waals surface area contributed by atoms with Crippen LogP contribution < -0.4 is 10.1 Å². The van der Waals surface area contributed by atoms with Crippen LogP contribution in [0.3, 0.4) is 0 Å². The number of halogens is 1. The fourth-order valence-corrected chi connectivity index (χ4v) is 2.50. The molecule has 6 heteroatoms. The van der Waals surface area contributed by atoms with E-state index >= 15 is 0 Å². The summed E-state index contributed by atoms with van der Waals surface area (Å²) in [6, 6.07) is 3.94. The summed E-state index contributed by atoms with van der Waals surface area (Å²) in [4.78, 5) is 4.25. The molecule has 0 spiro atoms. The Labute approximate surface area is 123 Å². The molecule has 2 aromatic rings. The van der Waals surface area contributed by atoms with Gasteiger partial charge in [-0.1, -0.05) is 17.7 Å². The van der Waals surface area contributed by atoms with Crippen LogP contribution in [0.5, 0.6) is 5.88 Å². The molecule has 0 bridgehead atoms. The molecule has 0 saturated carbocycles. The Bertz CT molecular complexity index is 582. The van der Waals surface area contributed by atoms with E-state index in [0.29, 0.717) is 10.9 Å². The van der Waals surface area contributed by atoms with Crippen molar-refractivity contribution in [2.45, 2.75) is 25.9 Å². The van der Waals surface area contributed by atoms with Crippen LogP contribution in [0.15, 0.2) is 24.5 Å². The molecule has 108 valence electrons. The SMILES string of the molecule is CNC(c1cccnc1OC)c1c(Cl)cnn1C(C)C. The molecule has 0 aliphatic carbocycles. The summed E-state index contributed by atoms with van der Waals surface area (Å²) in [6.07, 6.45) is 3.38. The number of nitrogens with zero attached hydrogens (tertiary/aromatic N) is 3. The molecule has 2 rings (SSSR count). The summed E-state index contributed by atoms with van der Waals surface area (Å²) in [5, 5.41) is 8.24. The minimum atomic E-state index is -0.129. The molecule has 2 heterocycles. The van der Waals surface area contributed by atoms with Crippen LogP contribution in [0.25, 0.3) is 0 Å². The molecule has 0 aliphatic rings. The van der Waals surface area contributed by atoms with Crippen LogP contribution >= 0.6 is 11.6 Å². The van der Waals surface area contributed by atoms with E-state index in [1.807, 2.05) is 23.9 Å². The highest BCUT2D eigenvalue weighted by molar-refractivity contribution is 6.31. The predicted molar refractivity (Wildman–Crippen MR) is 79.3 cm³/mol. The molecule has 20 heavy (non-hydrogen) atoms. The lowest BCUT2D eigenvalue weighted by Gasteiger charge is -2.22. The first-order valence-corrected chi connectivity index (χ1v) is 6.87. The third kappa shape index (κ3) is 2.64. The van der Waals surface area contributed by atoms with Gasteiger partial charge in [-0.2, -0.15) is 5.10 Å². The van der Waals surface area contributed by atoms with E-state index in [4.69, 9.17) is 16.3 Å². The van der Waals surface area contributed by atoms with Crippen molar-refractivity contribution in [1.82, 2.24) is 20.1 Å². The van der Waals surface area contributed by atoms with Crippen molar-refractivity contribution in [2.75, 3.05) is 14.2 Å². The molecular formula is C14H19ClN4O. The number of ether oxygens (including phenoxy) is 1. The molecule has 0 radical (unpaired) electrons. The van der Waals surface area contributed by atoms with E-state index in [0.717, 1.165) is 11.3 Å². The third-order valence-electron chi connectivity index (χ3n) is 3.14. The number of hydrogen-bond donors (Lipinski definition) is 1. The first-order chi connectivity index (χ1) is 9.60. The van der Waals surface area contributed by atoms with Crippen LogP contribution in [0, 0.1) is 0 Å². The minimum Gasteiger partial charge on any atom is -0.481 e. The lowest BCUT2D eigenvalue weighted by molar-refractivity contribution is 0.385. The van der Waals surface area contributed by atoms with Crippen LogP contribution in [0.4, 0.5) is 0 Å². The first kappa shape index (κ1) is 14.8. The molecule has 2 aromatic heterocycles. The van der Waals surface area contributed by atoms with Gasteiger partial charge in [0.15, 0.2) is 0 Å². The Hall–Kier alpha value is -1.59. The van der Waals surface area contributed by atoms with Gasteiger partial charge in [-0.05, 0) is 27.0 Å². The van der Waals surface area contributed by atoms with Crippen molar-refractivity contribution < 1.29 is 4.74 Å². The lowest BCUT2D eigenvalue weighted by Crippen LogP contribution is -2.23. The van der Waals surface area contributed by atoms with Gasteiger partial charge in [0.2, 0.25) is 5.88 Å². The molecule has 1 atom stereocenters. The zero-order valence-corrected chi connectivity index (χ0v) is 12.8. The Kier molecular flexibility index (Phi) is 4.62. The molecule has 0 fully saturated rings. The second-order valence-corrected chi connectivity index (χ2v) is 5.15. The lowest BCUT2D eigenvalue weighted by atomic mass is 10.0. The van der Waals surface area contributed by atoms with Crippen molar-refractivity contribution in [2.24, 2.45) is 0 Å². The third-order valence-corrected chi connectivity index (χ3v) is 3.43. The van der Waals surface area contributed by atoms with Gasteiger partial charge in [0.05, 0.1) is 30.1 Å². The van der Waals surface area contributed by atoms with E-state index in [2.05, 4.69) is 29.2 Å².